The number of hydrogen-bond donors (Lipinski definition) is 2. The molecule has 0 saturated heterocycles. The lowest BCUT2D eigenvalue weighted by Gasteiger charge is -2.10. The van der Waals surface area contributed by atoms with E-state index in [1.54, 1.807) is 30.3 Å². The number of para-hydroxylation sites is 1. The standard InChI is InChI=1S/C28H19ClF3N3O/c29-20-12-5-17(6-13-20)7-14-25(36)33-16-21-15-23-22-3-1-2-4-24(22)35-27(23)26(34-21)18-8-10-19(11-9-18)28(30,31)32/h1-15,35H,16H2,(H,33,36)/b14-7+. The first-order valence-corrected chi connectivity index (χ1v) is 11.5. The molecule has 0 saturated carbocycles. The number of fused-ring (bicyclic) bond motifs is 3. The molecule has 0 atom stereocenters. The number of halogens is 4. The molecule has 180 valence electrons. The summed E-state index contributed by atoms with van der Waals surface area (Å²) in [5.41, 5.74) is 3.33. The smallest absolute Gasteiger partial charge is 0.353 e. The molecule has 2 heterocycles. The van der Waals surface area contributed by atoms with Crippen LogP contribution in [0.15, 0.2) is 84.9 Å². The first kappa shape index (κ1) is 23.6. The fraction of sp³-hybridized carbons (Fsp3) is 0.0714. The van der Waals surface area contributed by atoms with Gasteiger partial charge in [-0.15, -0.1) is 0 Å². The van der Waals surface area contributed by atoms with Crippen LogP contribution in [0.2, 0.25) is 5.02 Å². The SMILES string of the molecule is O=C(/C=C/c1ccc(Cl)cc1)NCc1cc2c([nH]c3ccccc32)c(-c2ccc(C(F)(F)F)cc2)n1. The summed E-state index contributed by atoms with van der Waals surface area (Å²) >= 11 is 5.88. The highest BCUT2D eigenvalue weighted by molar-refractivity contribution is 6.30. The average Bonchev–Trinajstić information content (AvgIpc) is 3.25. The molecule has 3 aromatic carbocycles. The van der Waals surface area contributed by atoms with Gasteiger partial charge in [-0.25, -0.2) is 4.98 Å². The van der Waals surface area contributed by atoms with E-state index in [9.17, 15) is 18.0 Å². The largest absolute Gasteiger partial charge is 0.416 e. The maximum Gasteiger partial charge on any atom is 0.416 e. The number of amides is 1. The van der Waals surface area contributed by atoms with Crippen LogP contribution in [0.4, 0.5) is 13.2 Å². The summed E-state index contributed by atoms with van der Waals surface area (Å²) in [6, 6.07) is 21.6. The van der Waals surface area contributed by atoms with Gasteiger partial charge in [0.2, 0.25) is 5.91 Å². The van der Waals surface area contributed by atoms with Crippen LogP contribution in [0.25, 0.3) is 39.1 Å². The molecule has 0 fully saturated rings. The van der Waals surface area contributed by atoms with Crippen molar-refractivity contribution in [2.75, 3.05) is 0 Å². The minimum atomic E-state index is -4.42. The average molecular weight is 506 g/mol. The molecule has 2 aromatic heterocycles. The summed E-state index contributed by atoms with van der Waals surface area (Å²) in [5, 5.41) is 5.26. The Balaban J connectivity index is 1.47. The third-order valence-corrected chi connectivity index (χ3v) is 6.03. The molecular formula is C28H19ClF3N3O. The molecule has 8 heteroatoms. The zero-order chi connectivity index (χ0) is 25.3. The molecule has 0 aliphatic heterocycles. The number of pyridine rings is 1. The predicted octanol–water partition coefficient (Wildman–Crippen LogP) is 7.38. The fourth-order valence-electron chi connectivity index (χ4n) is 4.00. The van der Waals surface area contributed by atoms with E-state index in [1.165, 1.54) is 18.2 Å². The molecule has 36 heavy (non-hydrogen) atoms. The highest BCUT2D eigenvalue weighted by atomic mass is 35.5. The van der Waals surface area contributed by atoms with Crippen LogP contribution in [0.1, 0.15) is 16.8 Å². The van der Waals surface area contributed by atoms with E-state index in [1.807, 2.05) is 30.3 Å². The Labute approximate surface area is 209 Å². The molecule has 5 rings (SSSR count). The van der Waals surface area contributed by atoms with Crippen molar-refractivity contribution in [2.45, 2.75) is 12.7 Å². The molecular weight excluding hydrogens is 487 g/mol. The number of hydrogen-bond acceptors (Lipinski definition) is 2. The number of H-pyrrole nitrogens is 1. The van der Waals surface area contributed by atoms with Crippen molar-refractivity contribution in [3.05, 3.63) is 107 Å². The number of rotatable bonds is 5. The van der Waals surface area contributed by atoms with Gasteiger partial charge in [0.1, 0.15) is 0 Å². The Morgan fingerprint density at radius 2 is 1.69 bits per heavy atom. The van der Waals surface area contributed by atoms with Gasteiger partial charge in [0.15, 0.2) is 0 Å². The van der Waals surface area contributed by atoms with Crippen LogP contribution in [0.3, 0.4) is 0 Å². The van der Waals surface area contributed by atoms with Gasteiger partial charge < -0.3 is 10.3 Å². The molecule has 1 amide bonds. The second kappa shape index (κ2) is 9.51. The Kier molecular flexibility index (Phi) is 6.24. The highest BCUT2D eigenvalue weighted by Crippen LogP contribution is 2.35. The number of nitrogens with one attached hydrogen (secondary N) is 2. The van der Waals surface area contributed by atoms with E-state index in [4.69, 9.17) is 16.6 Å². The quantitative estimate of drug-likeness (QED) is 0.245. The zero-order valence-electron chi connectivity index (χ0n) is 18.7. The number of nitrogens with zero attached hydrogens (tertiary/aromatic N) is 1. The van der Waals surface area contributed by atoms with Crippen molar-refractivity contribution in [1.29, 1.82) is 0 Å². The van der Waals surface area contributed by atoms with Crippen LogP contribution >= 0.6 is 11.6 Å². The highest BCUT2D eigenvalue weighted by Gasteiger charge is 2.30. The molecule has 0 aliphatic carbocycles. The monoisotopic (exact) mass is 505 g/mol. The molecule has 5 aromatic rings. The lowest BCUT2D eigenvalue weighted by Crippen LogP contribution is -2.21. The summed E-state index contributed by atoms with van der Waals surface area (Å²) < 4.78 is 39.2. The van der Waals surface area contributed by atoms with Gasteiger partial charge in [0.05, 0.1) is 29.0 Å². The molecule has 2 N–H and O–H groups in total. The molecule has 0 aliphatic rings. The van der Waals surface area contributed by atoms with Crippen LogP contribution < -0.4 is 5.32 Å². The van der Waals surface area contributed by atoms with Crippen molar-refractivity contribution >= 4 is 45.4 Å². The third kappa shape index (κ3) is 4.97. The van der Waals surface area contributed by atoms with Gasteiger partial charge in [-0.2, -0.15) is 13.2 Å². The molecule has 4 nitrogen and oxygen atoms in total. The normalized spacial score (nSPS) is 12.0. The van der Waals surface area contributed by atoms with Gasteiger partial charge in [-0.05, 0) is 48.0 Å². The second-order valence-corrected chi connectivity index (χ2v) is 8.67. The predicted molar refractivity (Wildman–Crippen MR) is 136 cm³/mol. The number of benzene rings is 3. The van der Waals surface area contributed by atoms with E-state index < -0.39 is 11.7 Å². The lowest BCUT2D eigenvalue weighted by atomic mass is 10.0. The fourth-order valence-corrected chi connectivity index (χ4v) is 4.12. The summed E-state index contributed by atoms with van der Waals surface area (Å²) in [5.74, 6) is -0.304. The topological polar surface area (TPSA) is 57.8 Å². The van der Waals surface area contributed by atoms with E-state index in [2.05, 4.69) is 10.3 Å². The number of carbonyl (C=O) groups excluding carboxylic acids is 1. The van der Waals surface area contributed by atoms with E-state index >= 15 is 0 Å². The van der Waals surface area contributed by atoms with Crippen LogP contribution in [-0.4, -0.2) is 15.9 Å². The second-order valence-electron chi connectivity index (χ2n) is 8.23. The van der Waals surface area contributed by atoms with Crippen molar-refractivity contribution < 1.29 is 18.0 Å². The summed E-state index contributed by atoms with van der Waals surface area (Å²) in [6.45, 7) is 0.146. The number of carbonyl (C=O) groups is 1. The maximum atomic E-state index is 13.1. The summed E-state index contributed by atoms with van der Waals surface area (Å²) in [7, 11) is 0. The van der Waals surface area contributed by atoms with Crippen LogP contribution in [-0.2, 0) is 17.5 Å². The van der Waals surface area contributed by atoms with Crippen LogP contribution in [0, 0.1) is 0 Å². The molecule has 0 bridgehead atoms. The van der Waals surface area contributed by atoms with E-state index in [-0.39, 0.29) is 12.5 Å². The number of alkyl halides is 3. The Morgan fingerprint density at radius 3 is 2.42 bits per heavy atom. The number of aromatic nitrogens is 2. The number of aromatic amines is 1. The first-order chi connectivity index (χ1) is 17.3. The van der Waals surface area contributed by atoms with Crippen molar-refractivity contribution in [3.63, 3.8) is 0 Å². The molecule has 0 spiro atoms. The molecule has 0 radical (unpaired) electrons. The van der Waals surface area contributed by atoms with Gasteiger partial charge in [-0.1, -0.05) is 54.1 Å². The molecule has 0 unspecified atom stereocenters. The van der Waals surface area contributed by atoms with Crippen molar-refractivity contribution in [3.8, 4) is 11.3 Å². The van der Waals surface area contributed by atoms with E-state index in [0.717, 1.165) is 34.0 Å². The van der Waals surface area contributed by atoms with Gasteiger partial charge in [-0.3, -0.25) is 4.79 Å². The van der Waals surface area contributed by atoms with Crippen molar-refractivity contribution in [2.24, 2.45) is 0 Å². The third-order valence-electron chi connectivity index (χ3n) is 5.78. The minimum Gasteiger partial charge on any atom is -0.353 e. The first-order valence-electron chi connectivity index (χ1n) is 11.1. The van der Waals surface area contributed by atoms with Crippen molar-refractivity contribution in [1.82, 2.24) is 15.3 Å². The summed E-state index contributed by atoms with van der Waals surface area (Å²) in [4.78, 5) is 20.4. The maximum absolute atomic E-state index is 13.1. The van der Waals surface area contributed by atoms with Crippen LogP contribution in [0.5, 0.6) is 0 Å². The Morgan fingerprint density at radius 1 is 0.972 bits per heavy atom. The summed E-state index contributed by atoms with van der Waals surface area (Å²) in [6.07, 6.45) is -1.33. The van der Waals surface area contributed by atoms with E-state index in [0.29, 0.717) is 27.5 Å². The van der Waals surface area contributed by atoms with Gasteiger partial charge in [0.25, 0.3) is 0 Å². The lowest BCUT2D eigenvalue weighted by molar-refractivity contribution is -0.137. The zero-order valence-corrected chi connectivity index (χ0v) is 19.5. The van der Waals surface area contributed by atoms with Gasteiger partial charge >= 0.3 is 6.18 Å². The Hall–Kier alpha value is -4.10. The minimum absolute atomic E-state index is 0.146. The van der Waals surface area contributed by atoms with Gasteiger partial charge in [0, 0.05) is 33.0 Å². The Bertz CT molecular complexity index is 1590.